The van der Waals surface area contributed by atoms with Crippen molar-refractivity contribution < 1.29 is 0 Å². The first kappa shape index (κ1) is 48.6. The predicted octanol–water partition coefficient (Wildman–Crippen LogP) is 20.0. The molecule has 13 aromatic carbocycles. The lowest BCUT2D eigenvalue weighted by molar-refractivity contribution is 1.10. The van der Waals surface area contributed by atoms with Gasteiger partial charge in [0.15, 0.2) is 0 Å². The number of nitrogens with zero attached hydrogens (tertiary/aromatic N) is 6. The van der Waals surface area contributed by atoms with Crippen molar-refractivity contribution >= 4 is 54.6 Å². The molecule has 16 rings (SSSR count). The highest BCUT2D eigenvalue weighted by Crippen LogP contribution is 2.43. The second-order valence-electron chi connectivity index (χ2n) is 21.3. The molecule has 6 heteroatoms. The molecule has 84 heavy (non-hydrogen) atoms. The summed E-state index contributed by atoms with van der Waals surface area (Å²) in [6, 6.07) is 107. The highest BCUT2D eigenvalue weighted by molar-refractivity contribution is 6.11. The van der Waals surface area contributed by atoms with Crippen LogP contribution < -0.4 is 0 Å². The van der Waals surface area contributed by atoms with E-state index in [4.69, 9.17) is 19.9 Å². The standard InChI is InChI=1S/C78H50N6/c1-3-21-61(22-4-1)83-71-31-13-11-29-69(71)79-77(83)59-45-37-53(38-46-59)51-33-41-57(42-34-51)73-74(58-43-35-52(36-44-58)54-39-47-60(48-40-54)78-80-70-30-12-14-32-72(70)84(78)62-23-5-2-6-24-62)82-76-68(66-28-16-20-56-18-8-10-26-64(56)66)50-49-67(75(76)81-73)65-27-15-19-55-17-7-9-25-63(55)65/h1-50H. The topological polar surface area (TPSA) is 61.4 Å². The van der Waals surface area contributed by atoms with Crippen LogP contribution >= 0.6 is 0 Å². The van der Waals surface area contributed by atoms with Crippen molar-refractivity contribution in [1.29, 1.82) is 0 Å². The van der Waals surface area contributed by atoms with E-state index >= 15 is 0 Å². The average Bonchev–Trinajstić information content (AvgIpc) is 1.57. The molecule has 392 valence electrons. The minimum absolute atomic E-state index is 0.805. The fourth-order valence-corrected chi connectivity index (χ4v) is 12.3. The van der Waals surface area contributed by atoms with E-state index in [9.17, 15) is 0 Å². The van der Waals surface area contributed by atoms with E-state index in [2.05, 4.69) is 288 Å². The van der Waals surface area contributed by atoms with Gasteiger partial charge >= 0.3 is 0 Å². The van der Waals surface area contributed by atoms with Crippen molar-refractivity contribution in [2.75, 3.05) is 0 Å². The monoisotopic (exact) mass is 1070 g/mol. The number of para-hydroxylation sites is 6. The van der Waals surface area contributed by atoms with Crippen LogP contribution in [0.5, 0.6) is 0 Å². The SMILES string of the molecule is c1ccc(-n2c(-c3ccc(-c4ccc(-c5nc6c(-c7cccc8ccccc78)ccc(-c7cccc8ccccc78)c6nc5-c5ccc(-c6ccc(-c7nc8ccccc8n7-c7ccccc7)cc6)cc5)cc4)cc3)nc3ccccc32)cc1. The van der Waals surface area contributed by atoms with Crippen molar-refractivity contribution in [3.63, 3.8) is 0 Å². The summed E-state index contributed by atoms with van der Waals surface area (Å²) in [5, 5.41) is 4.67. The van der Waals surface area contributed by atoms with Crippen LogP contribution in [0.1, 0.15) is 0 Å². The maximum Gasteiger partial charge on any atom is 0.145 e. The molecule has 0 radical (unpaired) electrons. The van der Waals surface area contributed by atoms with Gasteiger partial charge in [0, 0.05) is 44.8 Å². The van der Waals surface area contributed by atoms with E-state index in [1.54, 1.807) is 0 Å². The molecule has 0 atom stereocenters. The van der Waals surface area contributed by atoms with Gasteiger partial charge in [0.05, 0.1) is 44.5 Å². The third-order valence-corrected chi connectivity index (χ3v) is 16.4. The van der Waals surface area contributed by atoms with E-state index in [1.165, 1.54) is 10.8 Å². The molecule has 0 saturated heterocycles. The zero-order valence-electron chi connectivity index (χ0n) is 45.6. The molecule has 0 aliphatic heterocycles. The lowest BCUT2D eigenvalue weighted by Crippen LogP contribution is -1.99. The Morgan fingerprint density at radius 1 is 0.214 bits per heavy atom. The predicted molar refractivity (Wildman–Crippen MR) is 347 cm³/mol. The van der Waals surface area contributed by atoms with Crippen molar-refractivity contribution in [3.8, 4) is 101 Å². The summed E-state index contributed by atoms with van der Waals surface area (Å²) in [6.45, 7) is 0. The molecular weight excluding hydrogens is 1020 g/mol. The van der Waals surface area contributed by atoms with E-state index in [1.807, 2.05) is 24.3 Å². The van der Waals surface area contributed by atoms with Gasteiger partial charge in [-0.3, -0.25) is 9.13 Å². The molecule has 0 N–H and O–H groups in total. The summed E-state index contributed by atoms with van der Waals surface area (Å²) in [7, 11) is 0. The number of hydrogen-bond acceptors (Lipinski definition) is 4. The number of imidazole rings is 2. The van der Waals surface area contributed by atoms with Gasteiger partial charge in [0.2, 0.25) is 0 Å². The van der Waals surface area contributed by atoms with Crippen LogP contribution in [0.3, 0.4) is 0 Å². The third-order valence-electron chi connectivity index (χ3n) is 16.4. The molecule has 3 heterocycles. The highest BCUT2D eigenvalue weighted by Gasteiger charge is 2.22. The molecule has 0 aliphatic rings. The van der Waals surface area contributed by atoms with E-state index in [-0.39, 0.29) is 0 Å². The number of hydrogen-bond donors (Lipinski definition) is 0. The summed E-state index contributed by atoms with van der Waals surface area (Å²) in [5.74, 6) is 1.81. The number of rotatable bonds is 10. The summed E-state index contributed by atoms with van der Waals surface area (Å²) >= 11 is 0. The van der Waals surface area contributed by atoms with Crippen molar-refractivity contribution in [2.24, 2.45) is 0 Å². The Bertz CT molecular complexity index is 4810. The molecular formula is C78H50N6. The maximum absolute atomic E-state index is 5.85. The fourth-order valence-electron chi connectivity index (χ4n) is 12.3. The molecule has 0 aliphatic carbocycles. The van der Waals surface area contributed by atoms with Crippen molar-refractivity contribution in [3.05, 3.63) is 303 Å². The van der Waals surface area contributed by atoms with Crippen LogP contribution in [0.4, 0.5) is 0 Å². The second-order valence-corrected chi connectivity index (χ2v) is 21.3. The Balaban J connectivity index is 0.827. The Hall–Kier alpha value is -11.3. The quantitative estimate of drug-likeness (QED) is 0.137. The second kappa shape index (κ2) is 20.3. The lowest BCUT2D eigenvalue weighted by Gasteiger charge is -2.18. The first-order chi connectivity index (χ1) is 41.6. The van der Waals surface area contributed by atoms with E-state index < -0.39 is 0 Å². The maximum atomic E-state index is 5.85. The summed E-state index contributed by atoms with van der Waals surface area (Å²) < 4.78 is 4.49. The van der Waals surface area contributed by atoms with Gasteiger partial charge in [-0.15, -0.1) is 0 Å². The van der Waals surface area contributed by atoms with Crippen LogP contribution in [-0.2, 0) is 0 Å². The third kappa shape index (κ3) is 8.43. The van der Waals surface area contributed by atoms with Gasteiger partial charge in [0.1, 0.15) is 11.6 Å². The minimum Gasteiger partial charge on any atom is -0.292 e. The Kier molecular flexibility index (Phi) is 11.8. The zero-order chi connectivity index (χ0) is 55.5. The summed E-state index contributed by atoms with van der Waals surface area (Å²) in [4.78, 5) is 22.0. The normalized spacial score (nSPS) is 11.6. The smallest absolute Gasteiger partial charge is 0.145 e. The van der Waals surface area contributed by atoms with Crippen LogP contribution in [0.2, 0.25) is 0 Å². The molecule has 6 nitrogen and oxygen atoms in total. The van der Waals surface area contributed by atoms with Crippen LogP contribution in [0, 0.1) is 0 Å². The van der Waals surface area contributed by atoms with Crippen LogP contribution in [0.25, 0.3) is 156 Å². The van der Waals surface area contributed by atoms with E-state index in [0.29, 0.717) is 0 Å². The van der Waals surface area contributed by atoms with Crippen LogP contribution in [0.15, 0.2) is 303 Å². The largest absolute Gasteiger partial charge is 0.292 e. The first-order valence-electron chi connectivity index (χ1n) is 28.4. The molecule has 0 unspecified atom stereocenters. The molecule has 0 amide bonds. The molecule has 3 aromatic heterocycles. The van der Waals surface area contributed by atoms with Gasteiger partial charge in [0.25, 0.3) is 0 Å². The Labute approximate surface area is 485 Å². The fraction of sp³-hybridized carbons (Fsp3) is 0. The lowest BCUT2D eigenvalue weighted by atomic mass is 9.91. The number of fused-ring (bicyclic) bond motifs is 5. The van der Waals surface area contributed by atoms with E-state index in [0.717, 1.165) is 145 Å². The van der Waals surface area contributed by atoms with Crippen LogP contribution in [-0.4, -0.2) is 29.1 Å². The molecule has 0 saturated carbocycles. The summed E-state index contributed by atoms with van der Waals surface area (Å²) in [5.41, 5.74) is 22.2. The van der Waals surface area contributed by atoms with Gasteiger partial charge in [-0.1, -0.05) is 255 Å². The number of benzene rings is 13. The minimum atomic E-state index is 0.805. The molecule has 0 bridgehead atoms. The highest BCUT2D eigenvalue weighted by atomic mass is 15.1. The van der Waals surface area contributed by atoms with Gasteiger partial charge in [-0.05, 0) is 103 Å². The van der Waals surface area contributed by atoms with Gasteiger partial charge in [-0.2, -0.15) is 0 Å². The Morgan fingerprint density at radius 3 is 0.940 bits per heavy atom. The molecule has 0 fully saturated rings. The average molecular weight is 1070 g/mol. The van der Waals surface area contributed by atoms with Gasteiger partial charge < -0.3 is 0 Å². The first-order valence-corrected chi connectivity index (χ1v) is 28.4. The summed E-state index contributed by atoms with van der Waals surface area (Å²) in [6.07, 6.45) is 0. The van der Waals surface area contributed by atoms with Crippen molar-refractivity contribution in [2.45, 2.75) is 0 Å². The molecule has 16 aromatic rings. The van der Waals surface area contributed by atoms with Gasteiger partial charge in [-0.25, -0.2) is 19.9 Å². The zero-order valence-corrected chi connectivity index (χ0v) is 45.6. The Morgan fingerprint density at radius 2 is 0.536 bits per heavy atom. The number of aromatic nitrogens is 6. The van der Waals surface area contributed by atoms with Crippen molar-refractivity contribution in [1.82, 2.24) is 29.1 Å². The molecule has 0 spiro atoms.